The molecule has 0 spiro atoms. The number of H-pyrrole nitrogens is 2. The van der Waals surface area contributed by atoms with Gasteiger partial charge in [0.15, 0.2) is 11.5 Å². The minimum Gasteiger partial charge on any atom is -0.382 e. The van der Waals surface area contributed by atoms with Gasteiger partial charge in [-0.05, 0) is 5.56 Å². The van der Waals surface area contributed by atoms with E-state index in [1.165, 1.54) is 0 Å². The molecule has 0 saturated heterocycles. The molecule has 0 aliphatic heterocycles. The lowest BCUT2D eigenvalue weighted by atomic mass is 10.1. The van der Waals surface area contributed by atoms with Crippen molar-refractivity contribution >= 4 is 17.0 Å². The second-order valence-electron chi connectivity index (χ2n) is 3.99. The van der Waals surface area contributed by atoms with Crippen LogP contribution in [0.25, 0.3) is 11.2 Å². The summed E-state index contributed by atoms with van der Waals surface area (Å²) < 4.78 is 0. The van der Waals surface area contributed by atoms with Gasteiger partial charge < -0.3 is 10.7 Å². The Morgan fingerprint density at radius 3 is 2.67 bits per heavy atom. The molecule has 0 saturated carbocycles. The lowest BCUT2D eigenvalue weighted by Gasteiger charge is -2.02. The Morgan fingerprint density at radius 1 is 1.11 bits per heavy atom. The second kappa shape index (κ2) is 3.99. The molecule has 2 aromatic heterocycles. The number of benzene rings is 1. The quantitative estimate of drug-likeness (QED) is 0.618. The van der Waals surface area contributed by atoms with Gasteiger partial charge in [0, 0.05) is 6.42 Å². The third kappa shape index (κ3) is 1.84. The molecule has 0 bridgehead atoms. The zero-order valence-electron chi connectivity index (χ0n) is 9.47. The maximum absolute atomic E-state index is 11.2. The van der Waals surface area contributed by atoms with Crippen LogP contribution >= 0.6 is 0 Å². The third-order valence-electron chi connectivity index (χ3n) is 2.66. The van der Waals surface area contributed by atoms with E-state index in [1.807, 2.05) is 30.3 Å². The van der Waals surface area contributed by atoms with E-state index in [2.05, 4.69) is 19.9 Å². The largest absolute Gasteiger partial charge is 0.382 e. The Balaban J connectivity index is 2.05. The number of fused-ring (bicyclic) bond motifs is 1. The molecule has 0 amide bonds. The molecule has 1 aromatic carbocycles. The van der Waals surface area contributed by atoms with Crippen LogP contribution < -0.4 is 11.4 Å². The van der Waals surface area contributed by atoms with Gasteiger partial charge in [-0.15, -0.1) is 0 Å². The molecule has 0 aliphatic rings. The molecular weight excluding hydrogens is 230 g/mol. The number of rotatable bonds is 2. The summed E-state index contributed by atoms with van der Waals surface area (Å²) in [6.07, 6.45) is 0.578. The fraction of sp³-hybridized carbons (Fsp3) is 0.0833. The number of nitrogens with one attached hydrogen (secondary N) is 2. The standard InChI is InChI=1S/C12H11N5O/c13-10-9-11(17-12(18)16-9)15-8(14-10)6-7-4-2-1-3-5-7/h1-5H,6H2,(H4,13,14,15,16,17,18). The molecule has 90 valence electrons. The molecule has 2 heterocycles. The van der Waals surface area contributed by atoms with Crippen molar-refractivity contribution in [2.75, 3.05) is 5.73 Å². The summed E-state index contributed by atoms with van der Waals surface area (Å²) in [4.78, 5) is 24.8. The first-order chi connectivity index (χ1) is 8.72. The van der Waals surface area contributed by atoms with Gasteiger partial charge >= 0.3 is 5.69 Å². The number of anilines is 1. The minimum atomic E-state index is -0.331. The van der Waals surface area contributed by atoms with E-state index in [4.69, 9.17) is 5.73 Å². The summed E-state index contributed by atoms with van der Waals surface area (Å²) in [7, 11) is 0. The highest BCUT2D eigenvalue weighted by molar-refractivity contribution is 5.80. The van der Waals surface area contributed by atoms with Crippen molar-refractivity contribution in [3.05, 3.63) is 52.2 Å². The molecule has 4 N–H and O–H groups in total. The summed E-state index contributed by atoms with van der Waals surface area (Å²) >= 11 is 0. The van der Waals surface area contributed by atoms with Crippen LogP contribution in [0.4, 0.5) is 5.82 Å². The van der Waals surface area contributed by atoms with Crippen molar-refractivity contribution in [3.8, 4) is 0 Å². The van der Waals surface area contributed by atoms with Crippen LogP contribution in [-0.2, 0) is 6.42 Å². The van der Waals surface area contributed by atoms with Gasteiger partial charge in [-0.3, -0.25) is 4.98 Å². The van der Waals surface area contributed by atoms with Crippen LogP contribution in [0.15, 0.2) is 35.1 Å². The molecule has 18 heavy (non-hydrogen) atoms. The van der Waals surface area contributed by atoms with E-state index in [1.54, 1.807) is 0 Å². The number of nitrogens with two attached hydrogens (primary N) is 1. The Kier molecular flexibility index (Phi) is 2.33. The van der Waals surface area contributed by atoms with Crippen molar-refractivity contribution < 1.29 is 0 Å². The molecule has 6 nitrogen and oxygen atoms in total. The number of aromatic amines is 2. The molecule has 3 rings (SSSR count). The zero-order valence-corrected chi connectivity index (χ0v) is 9.47. The first kappa shape index (κ1) is 10.5. The average Bonchev–Trinajstić information content (AvgIpc) is 2.72. The lowest BCUT2D eigenvalue weighted by molar-refractivity contribution is 0.991. The van der Waals surface area contributed by atoms with Crippen molar-refractivity contribution in [2.24, 2.45) is 0 Å². The number of nitrogen functional groups attached to an aromatic ring is 1. The van der Waals surface area contributed by atoms with Crippen LogP contribution in [0.5, 0.6) is 0 Å². The first-order valence-corrected chi connectivity index (χ1v) is 5.51. The van der Waals surface area contributed by atoms with E-state index >= 15 is 0 Å². The maximum Gasteiger partial charge on any atom is 0.325 e. The molecule has 6 heteroatoms. The fourth-order valence-corrected chi connectivity index (χ4v) is 1.85. The molecule has 0 aliphatic carbocycles. The smallest absolute Gasteiger partial charge is 0.325 e. The molecule has 3 aromatic rings. The lowest BCUT2D eigenvalue weighted by Crippen LogP contribution is -2.01. The van der Waals surface area contributed by atoms with Gasteiger partial charge in [-0.2, -0.15) is 0 Å². The monoisotopic (exact) mass is 241 g/mol. The second-order valence-corrected chi connectivity index (χ2v) is 3.99. The zero-order chi connectivity index (χ0) is 12.5. The Hall–Kier alpha value is -2.63. The van der Waals surface area contributed by atoms with Gasteiger partial charge in [0.05, 0.1) is 0 Å². The Morgan fingerprint density at radius 2 is 1.89 bits per heavy atom. The van der Waals surface area contributed by atoms with Crippen LogP contribution in [0, 0.1) is 0 Å². The number of hydrogen-bond donors (Lipinski definition) is 3. The molecule has 0 radical (unpaired) electrons. The predicted molar refractivity (Wildman–Crippen MR) is 68.2 cm³/mol. The van der Waals surface area contributed by atoms with E-state index in [0.29, 0.717) is 23.4 Å². The van der Waals surface area contributed by atoms with Gasteiger partial charge in [0.25, 0.3) is 0 Å². The number of imidazole rings is 1. The highest BCUT2D eigenvalue weighted by atomic mass is 16.1. The van der Waals surface area contributed by atoms with E-state index in [-0.39, 0.29) is 11.5 Å². The summed E-state index contributed by atoms with van der Waals surface area (Å²) in [6.45, 7) is 0. The van der Waals surface area contributed by atoms with Crippen molar-refractivity contribution in [2.45, 2.75) is 6.42 Å². The summed E-state index contributed by atoms with van der Waals surface area (Å²) in [5.74, 6) is 0.866. The number of aromatic nitrogens is 4. The molecular formula is C12H11N5O. The van der Waals surface area contributed by atoms with Crippen molar-refractivity contribution in [1.82, 2.24) is 19.9 Å². The highest BCUT2D eigenvalue weighted by Gasteiger charge is 2.08. The predicted octanol–water partition coefficient (Wildman–Crippen LogP) is 0.819. The summed E-state index contributed by atoms with van der Waals surface area (Å²) in [6, 6.07) is 9.84. The normalized spacial score (nSPS) is 10.9. The highest BCUT2D eigenvalue weighted by Crippen LogP contribution is 2.13. The van der Waals surface area contributed by atoms with Crippen LogP contribution in [0.3, 0.4) is 0 Å². The molecule has 0 unspecified atom stereocenters. The topological polar surface area (TPSA) is 100 Å². The molecule has 0 fully saturated rings. The summed E-state index contributed by atoms with van der Waals surface area (Å²) in [5, 5.41) is 0. The van der Waals surface area contributed by atoms with Gasteiger partial charge in [-0.25, -0.2) is 14.8 Å². The van der Waals surface area contributed by atoms with Crippen LogP contribution in [0.1, 0.15) is 11.4 Å². The number of hydrogen-bond acceptors (Lipinski definition) is 4. The minimum absolute atomic E-state index is 0.282. The Labute approximate surface area is 102 Å². The summed E-state index contributed by atoms with van der Waals surface area (Å²) in [5.41, 5.74) is 7.44. The van der Waals surface area contributed by atoms with E-state index < -0.39 is 0 Å². The third-order valence-corrected chi connectivity index (χ3v) is 2.66. The van der Waals surface area contributed by atoms with Crippen LogP contribution in [-0.4, -0.2) is 19.9 Å². The average molecular weight is 241 g/mol. The SMILES string of the molecule is Nc1nc(Cc2ccccc2)nc2[nH]c(=O)[nH]c12. The van der Waals surface area contributed by atoms with Crippen LogP contribution in [0.2, 0.25) is 0 Å². The maximum atomic E-state index is 11.2. The first-order valence-electron chi connectivity index (χ1n) is 5.51. The van der Waals surface area contributed by atoms with Gasteiger partial charge in [0.1, 0.15) is 11.3 Å². The van der Waals surface area contributed by atoms with Crippen molar-refractivity contribution in [3.63, 3.8) is 0 Å². The van der Waals surface area contributed by atoms with Gasteiger partial charge in [-0.1, -0.05) is 30.3 Å². The van der Waals surface area contributed by atoms with E-state index in [9.17, 15) is 4.79 Å². The molecule has 0 atom stereocenters. The number of nitrogens with zero attached hydrogens (tertiary/aromatic N) is 2. The fourth-order valence-electron chi connectivity index (χ4n) is 1.85. The van der Waals surface area contributed by atoms with Crippen molar-refractivity contribution in [1.29, 1.82) is 0 Å². The Bertz CT molecular complexity index is 744. The van der Waals surface area contributed by atoms with Gasteiger partial charge in [0.2, 0.25) is 0 Å². The van der Waals surface area contributed by atoms with E-state index in [0.717, 1.165) is 5.56 Å².